The Morgan fingerprint density at radius 2 is 1.91 bits per heavy atom. The first kappa shape index (κ1) is 16.3. The molecule has 0 saturated heterocycles. The Bertz CT molecular complexity index is 720. The van der Waals surface area contributed by atoms with Crippen molar-refractivity contribution in [3.63, 3.8) is 0 Å². The molecule has 22 heavy (non-hydrogen) atoms. The molecule has 0 aliphatic carbocycles. The Hall–Kier alpha value is -2.08. The van der Waals surface area contributed by atoms with Gasteiger partial charge in [0.05, 0.1) is 11.3 Å². The molecule has 2 aromatic rings. The van der Waals surface area contributed by atoms with E-state index in [0.717, 1.165) is 6.07 Å². The van der Waals surface area contributed by atoms with E-state index in [9.17, 15) is 18.0 Å². The van der Waals surface area contributed by atoms with Crippen molar-refractivity contribution in [2.24, 2.45) is 0 Å². The van der Waals surface area contributed by atoms with Crippen LogP contribution in [-0.2, 0) is 12.7 Å². The number of para-hydroxylation sites is 1. The zero-order chi connectivity index (χ0) is 16.3. The van der Waals surface area contributed by atoms with Crippen molar-refractivity contribution < 1.29 is 13.2 Å². The largest absolute Gasteiger partial charge is 0.418 e. The molecule has 1 aromatic heterocycles. The second-order valence-electron chi connectivity index (χ2n) is 4.97. The predicted octanol–water partition coefficient (Wildman–Crippen LogP) is 3.27. The Balaban J connectivity index is 2.61. The first-order valence-corrected chi connectivity index (χ1v) is 6.94. The van der Waals surface area contributed by atoms with Gasteiger partial charge in [-0.1, -0.05) is 19.1 Å². The van der Waals surface area contributed by atoms with Gasteiger partial charge in [0, 0.05) is 30.1 Å². The summed E-state index contributed by atoms with van der Waals surface area (Å²) in [5.74, 6) is 0. The van der Waals surface area contributed by atoms with Crippen LogP contribution in [0.2, 0.25) is 0 Å². The van der Waals surface area contributed by atoms with E-state index in [2.05, 4.69) is 5.32 Å². The molecule has 1 aromatic carbocycles. The highest BCUT2D eigenvalue weighted by atomic mass is 19.4. The van der Waals surface area contributed by atoms with E-state index in [1.165, 1.54) is 29.0 Å². The molecule has 0 amide bonds. The number of nitrogens with zero attached hydrogens (tertiary/aromatic N) is 1. The third kappa shape index (κ3) is 3.39. The normalized spacial score (nSPS) is 11.7. The fourth-order valence-electron chi connectivity index (χ4n) is 2.25. The lowest BCUT2D eigenvalue weighted by atomic mass is 10.1. The third-order valence-corrected chi connectivity index (χ3v) is 3.36. The molecule has 0 aliphatic rings. The number of hydrogen-bond acceptors (Lipinski definition) is 2. The Labute approximate surface area is 126 Å². The van der Waals surface area contributed by atoms with E-state index in [-0.39, 0.29) is 11.1 Å². The molecule has 0 fully saturated rings. The highest BCUT2D eigenvalue weighted by Crippen LogP contribution is 2.33. The van der Waals surface area contributed by atoms with Crippen LogP contribution < -0.4 is 10.7 Å². The molecule has 3 nitrogen and oxygen atoms in total. The second kappa shape index (κ2) is 6.36. The maximum absolute atomic E-state index is 13.2. The molecule has 6 heteroatoms. The lowest BCUT2D eigenvalue weighted by molar-refractivity contribution is -0.137. The predicted molar refractivity (Wildman–Crippen MR) is 79.2 cm³/mol. The second-order valence-corrected chi connectivity index (χ2v) is 4.97. The third-order valence-electron chi connectivity index (χ3n) is 3.36. The van der Waals surface area contributed by atoms with Crippen LogP contribution in [-0.4, -0.2) is 11.1 Å². The summed E-state index contributed by atoms with van der Waals surface area (Å²) in [6.45, 7) is 4.51. The number of benzene rings is 1. The van der Waals surface area contributed by atoms with Crippen molar-refractivity contribution in [1.82, 2.24) is 9.88 Å². The topological polar surface area (TPSA) is 34.0 Å². The van der Waals surface area contributed by atoms with Gasteiger partial charge in [-0.2, -0.15) is 13.2 Å². The maximum Gasteiger partial charge on any atom is 0.418 e. The van der Waals surface area contributed by atoms with Crippen molar-refractivity contribution in [2.45, 2.75) is 26.6 Å². The fraction of sp³-hybridized carbons (Fsp3) is 0.312. The lowest BCUT2D eigenvalue weighted by Crippen LogP contribution is -2.22. The van der Waals surface area contributed by atoms with Crippen molar-refractivity contribution >= 4 is 0 Å². The number of rotatable bonds is 4. The van der Waals surface area contributed by atoms with Crippen LogP contribution in [0.15, 0.2) is 41.3 Å². The number of hydrogen-bond donors (Lipinski definition) is 1. The number of halogens is 3. The molecule has 118 valence electrons. The van der Waals surface area contributed by atoms with Crippen LogP contribution in [0.25, 0.3) is 5.69 Å². The number of aryl methyl sites for hydroxylation is 1. The van der Waals surface area contributed by atoms with Gasteiger partial charge in [0.2, 0.25) is 0 Å². The van der Waals surface area contributed by atoms with Crippen molar-refractivity contribution in [3.05, 3.63) is 63.6 Å². The molecule has 0 saturated carbocycles. The van der Waals surface area contributed by atoms with Crippen LogP contribution in [0.5, 0.6) is 0 Å². The lowest BCUT2D eigenvalue weighted by Gasteiger charge is -2.18. The van der Waals surface area contributed by atoms with Crippen LogP contribution in [0.4, 0.5) is 13.2 Å². The van der Waals surface area contributed by atoms with Gasteiger partial charge in [0.1, 0.15) is 0 Å². The molecule has 1 N–H and O–H groups in total. The van der Waals surface area contributed by atoms with Gasteiger partial charge < -0.3 is 9.88 Å². The minimum Gasteiger partial charge on any atom is -0.320 e. The molecule has 0 radical (unpaired) electrons. The Kier molecular flexibility index (Phi) is 4.71. The smallest absolute Gasteiger partial charge is 0.320 e. The highest BCUT2D eigenvalue weighted by molar-refractivity contribution is 5.44. The fourth-order valence-corrected chi connectivity index (χ4v) is 2.25. The summed E-state index contributed by atoms with van der Waals surface area (Å²) in [5.41, 5.74) is 0.00645. The summed E-state index contributed by atoms with van der Waals surface area (Å²) < 4.78 is 40.9. The van der Waals surface area contributed by atoms with E-state index in [1.807, 2.05) is 6.92 Å². The quantitative estimate of drug-likeness (QED) is 0.940. The average molecular weight is 310 g/mol. The molecule has 2 rings (SSSR count). The van der Waals surface area contributed by atoms with E-state index >= 15 is 0 Å². The molecule has 0 unspecified atom stereocenters. The molecular weight excluding hydrogens is 293 g/mol. The number of pyridine rings is 1. The van der Waals surface area contributed by atoms with Gasteiger partial charge >= 0.3 is 6.18 Å². The molecule has 1 heterocycles. The first-order valence-electron chi connectivity index (χ1n) is 6.94. The summed E-state index contributed by atoms with van der Waals surface area (Å²) in [7, 11) is 0. The Morgan fingerprint density at radius 3 is 2.55 bits per heavy atom. The number of aromatic nitrogens is 1. The van der Waals surface area contributed by atoms with Crippen LogP contribution >= 0.6 is 0 Å². The summed E-state index contributed by atoms with van der Waals surface area (Å²) in [5, 5.41) is 3.01. The van der Waals surface area contributed by atoms with Gasteiger partial charge in [-0.05, 0) is 25.6 Å². The number of alkyl halides is 3. The molecule has 0 bridgehead atoms. The van der Waals surface area contributed by atoms with Crippen molar-refractivity contribution in [2.75, 3.05) is 6.54 Å². The van der Waals surface area contributed by atoms with Gasteiger partial charge in [-0.25, -0.2) is 0 Å². The van der Waals surface area contributed by atoms with Crippen molar-refractivity contribution in [3.8, 4) is 5.69 Å². The molecule has 0 atom stereocenters. The van der Waals surface area contributed by atoms with E-state index in [4.69, 9.17) is 0 Å². The van der Waals surface area contributed by atoms with Gasteiger partial charge in [-0.15, -0.1) is 0 Å². The van der Waals surface area contributed by atoms with Crippen LogP contribution in [0, 0.1) is 6.92 Å². The first-order chi connectivity index (χ1) is 10.3. The SMILES string of the molecule is CCNCc1cn(-c2ccccc2C(F)(F)F)c(C)cc1=O. The molecule has 0 aliphatic heterocycles. The summed E-state index contributed by atoms with van der Waals surface area (Å²) >= 11 is 0. The van der Waals surface area contributed by atoms with Gasteiger partial charge in [0.25, 0.3) is 0 Å². The van der Waals surface area contributed by atoms with Crippen LogP contribution in [0.1, 0.15) is 23.7 Å². The molecular formula is C16H17F3N2O. The van der Waals surface area contributed by atoms with Crippen molar-refractivity contribution in [1.29, 1.82) is 0 Å². The zero-order valence-corrected chi connectivity index (χ0v) is 12.4. The summed E-state index contributed by atoms with van der Waals surface area (Å²) in [6, 6.07) is 6.70. The van der Waals surface area contributed by atoms with Crippen LogP contribution in [0.3, 0.4) is 0 Å². The highest BCUT2D eigenvalue weighted by Gasteiger charge is 2.33. The monoisotopic (exact) mass is 310 g/mol. The maximum atomic E-state index is 13.2. The average Bonchev–Trinajstić information content (AvgIpc) is 2.45. The summed E-state index contributed by atoms with van der Waals surface area (Å²) in [4.78, 5) is 11.9. The minimum absolute atomic E-state index is 0.0187. The van der Waals surface area contributed by atoms with E-state index in [0.29, 0.717) is 24.3 Å². The molecule has 0 spiro atoms. The summed E-state index contributed by atoms with van der Waals surface area (Å²) in [6.07, 6.45) is -2.97. The minimum atomic E-state index is -4.45. The van der Waals surface area contributed by atoms with E-state index < -0.39 is 11.7 Å². The zero-order valence-electron chi connectivity index (χ0n) is 12.4. The van der Waals surface area contributed by atoms with Gasteiger partial charge in [0.15, 0.2) is 5.43 Å². The Morgan fingerprint density at radius 1 is 1.23 bits per heavy atom. The number of nitrogens with one attached hydrogen (secondary N) is 1. The van der Waals surface area contributed by atoms with Gasteiger partial charge in [-0.3, -0.25) is 4.79 Å². The standard InChI is InChI=1S/C16H17F3N2O/c1-3-20-9-12-10-21(11(2)8-15(12)22)14-7-5-4-6-13(14)16(17,18)19/h4-8,10,20H,3,9H2,1-2H3. The van der Waals surface area contributed by atoms with E-state index in [1.54, 1.807) is 13.0 Å².